The third-order valence-corrected chi connectivity index (χ3v) is 6.37. The zero-order valence-electron chi connectivity index (χ0n) is 18.5. The summed E-state index contributed by atoms with van der Waals surface area (Å²) in [5.41, 5.74) is 5.86. The number of alkyl halides is 1. The lowest BCUT2D eigenvalue weighted by Crippen LogP contribution is -2.28. The summed E-state index contributed by atoms with van der Waals surface area (Å²) in [6, 6.07) is 3.71. The number of carbonyl (C=O) groups excluding carboxylic acids is 1. The van der Waals surface area contributed by atoms with E-state index in [1.807, 2.05) is 30.5 Å². The molecule has 0 aromatic carbocycles. The normalized spacial score (nSPS) is 13.7. The maximum atomic E-state index is 13.2. The Labute approximate surface area is 198 Å². The first kappa shape index (κ1) is 21.7. The molecule has 4 aromatic rings. The first-order valence-corrected chi connectivity index (χ1v) is 11.4. The van der Waals surface area contributed by atoms with Crippen molar-refractivity contribution in [3.05, 3.63) is 76.5 Å². The van der Waals surface area contributed by atoms with Gasteiger partial charge in [0.25, 0.3) is 5.91 Å². The zero-order chi connectivity index (χ0) is 23.7. The third kappa shape index (κ3) is 4.14. The van der Waals surface area contributed by atoms with Crippen LogP contribution in [0.15, 0.2) is 54.4 Å². The third-order valence-electron chi connectivity index (χ3n) is 5.34. The van der Waals surface area contributed by atoms with Gasteiger partial charge in [-0.2, -0.15) is 5.10 Å². The highest BCUT2D eigenvalue weighted by Crippen LogP contribution is 2.33. The van der Waals surface area contributed by atoms with Gasteiger partial charge in [0.1, 0.15) is 13.0 Å². The molecule has 0 spiro atoms. The highest BCUT2D eigenvalue weighted by molar-refractivity contribution is 7.15. The quantitative estimate of drug-likeness (QED) is 0.397. The standard InChI is InChI=1S/C23H21FN8OS/c1-14-3-6-20(34-14)19-10-25-22-18(17-9-28-31(11-17)8-7-24)5-4-16(12-32(19)22)23(33)29-15(2)21-26-13-27-30-21/h3-4,6,9-13,15H,7-8H2,1-2H3,(H,29,33)(H,26,27,30). The molecule has 4 aromatic heterocycles. The van der Waals surface area contributed by atoms with Crippen LogP contribution in [0, 0.1) is 6.92 Å². The minimum atomic E-state index is -0.512. The molecule has 0 aliphatic carbocycles. The number of aromatic amines is 1. The molecule has 0 saturated heterocycles. The smallest absolute Gasteiger partial charge is 0.253 e. The van der Waals surface area contributed by atoms with Gasteiger partial charge in [-0.05, 0) is 32.1 Å². The number of hydrogen-bond acceptors (Lipinski definition) is 6. The number of amides is 1. The molecule has 0 bridgehead atoms. The Kier molecular flexibility index (Phi) is 5.79. The fraction of sp³-hybridized carbons (Fsp3) is 0.217. The zero-order valence-corrected chi connectivity index (χ0v) is 19.3. The molecule has 11 heteroatoms. The molecule has 0 fully saturated rings. The maximum Gasteiger partial charge on any atom is 0.253 e. The molecule has 172 valence electrons. The van der Waals surface area contributed by atoms with Crippen LogP contribution in [0.1, 0.15) is 35.1 Å². The molecule has 5 heterocycles. The van der Waals surface area contributed by atoms with Crippen molar-refractivity contribution in [1.29, 1.82) is 0 Å². The van der Waals surface area contributed by atoms with Gasteiger partial charge in [-0.1, -0.05) is 0 Å². The van der Waals surface area contributed by atoms with Crippen LogP contribution in [0.2, 0.25) is 0 Å². The SMILES string of the molecule is Cc1ccc(-c2cnc3n2C=C(C(=O)NC(C)c2nnc[nH]2)C=C=C3c2cnn(CCF)c2)s1. The molecule has 5 rings (SSSR count). The van der Waals surface area contributed by atoms with Gasteiger partial charge in [0.2, 0.25) is 0 Å². The largest absolute Gasteiger partial charge is 0.342 e. The number of hydrogen-bond donors (Lipinski definition) is 2. The average Bonchev–Trinajstić information content (AvgIpc) is 3.61. The number of nitrogens with one attached hydrogen (secondary N) is 2. The Morgan fingerprint density at radius 1 is 1.35 bits per heavy atom. The van der Waals surface area contributed by atoms with E-state index in [0.29, 0.717) is 22.8 Å². The topological polar surface area (TPSA) is 106 Å². The molecule has 0 radical (unpaired) electrons. The molecule has 1 amide bonds. The number of thiophene rings is 1. The first-order chi connectivity index (χ1) is 16.5. The average molecular weight is 477 g/mol. The van der Waals surface area contributed by atoms with Crippen molar-refractivity contribution >= 4 is 29.0 Å². The number of halogens is 1. The van der Waals surface area contributed by atoms with E-state index in [1.54, 1.807) is 42.2 Å². The Balaban J connectivity index is 1.58. The summed E-state index contributed by atoms with van der Waals surface area (Å²) in [7, 11) is 0. The van der Waals surface area contributed by atoms with E-state index in [1.165, 1.54) is 15.9 Å². The lowest BCUT2D eigenvalue weighted by molar-refractivity contribution is -0.117. The van der Waals surface area contributed by atoms with Gasteiger partial charge in [-0.25, -0.2) is 9.37 Å². The summed E-state index contributed by atoms with van der Waals surface area (Å²) in [5, 5.41) is 14.9. The van der Waals surface area contributed by atoms with Gasteiger partial charge in [0.05, 0.1) is 46.7 Å². The van der Waals surface area contributed by atoms with E-state index in [4.69, 9.17) is 0 Å². The fourth-order valence-corrected chi connectivity index (χ4v) is 4.51. The van der Waals surface area contributed by atoms with E-state index >= 15 is 0 Å². The van der Waals surface area contributed by atoms with Crippen LogP contribution in [0.25, 0.3) is 22.3 Å². The summed E-state index contributed by atoms with van der Waals surface area (Å²) < 4.78 is 16.2. The highest BCUT2D eigenvalue weighted by atomic mass is 32.1. The minimum Gasteiger partial charge on any atom is -0.342 e. The molecule has 0 saturated carbocycles. The molecular weight excluding hydrogens is 455 g/mol. The number of aryl methyl sites for hydroxylation is 2. The Bertz CT molecular complexity index is 1440. The van der Waals surface area contributed by atoms with Crippen molar-refractivity contribution in [3.8, 4) is 10.6 Å². The maximum absolute atomic E-state index is 13.2. The first-order valence-electron chi connectivity index (χ1n) is 10.6. The molecule has 1 unspecified atom stereocenters. The highest BCUT2D eigenvalue weighted by Gasteiger charge is 2.22. The van der Waals surface area contributed by atoms with Crippen molar-refractivity contribution in [2.24, 2.45) is 0 Å². The van der Waals surface area contributed by atoms with Crippen LogP contribution in [-0.2, 0) is 11.3 Å². The van der Waals surface area contributed by atoms with Crippen LogP contribution in [0.3, 0.4) is 0 Å². The van der Waals surface area contributed by atoms with Crippen molar-refractivity contribution < 1.29 is 9.18 Å². The lowest BCUT2D eigenvalue weighted by atomic mass is 10.1. The number of carbonyl (C=O) groups is 1. The fourth-order valence-electron chi connectivity index (χ4n) is 3.63. The molecule has 1 atom stereocenters. The number of H-pyrrole nitrogens is 1. The number of aromatic nitrogens is 7. The molecule has 1 aliphatic heterocycles. The summed E-state index contributed by atoms with van der Waals surface area (Å²) in [6.07, 6.45) is 10.0. The number of imidazole rings is 1. The van der Waals surface area contributed by atoms with Crippen LogP contribution in [0.5, 0.6) is 0 Å². The van der Waals surface area contributed by atoms with E-state index in [0.717, 1.165) is 16.1 Å². The van der Waals surface area contributed by atoms with Gasteiger partial charge in [0.15, 0.2) is 11.6 Å². The van der Waals surface area contributed by atoms with Crippen molar-refractivity contribution in [1.82, 2.24) is 39.8 Å². The summed E-state index contributed by atoms with van der Waals surface area (Å²) in [5.74, 6) is 0.878. The van der Waals surface area contributed by atoms with Gasteiger partial charge in [-0.3, -0.25) is 14.0 Å². The number of nitrogens with zero attached hydrogens (tertiary/aromatic N) is 6. The molecule has 34 heavy (non-hydrogen) atoms. The van der Waals surface area contributed by atoms with Gasteiger partial charge >= 0.3 is 0 Å². The Hall–Kier alpha value is -4.08. The summed E-state index contributed by atoms with van der Waals surface area (Å²) >= 11 is 1.64. The second kappa shape index (κ2) is 9.05. The van der Waals surface area contributed by atoms with Crippen molar-refractivity contribution in [3.63, 3.8) is 0 Å². The second-order valence-electron chi connectivity index (χ2n) is 7.75. The van der Waals surface area contributed by atoms with Crippen LogP contribution in [-0.4, -0.2) is 47.1 Å². The van der Waals surface area contributed by atoms with Crippen molar-refractivity contribution in [2.75, 3.05) is 6.67 Å². The number of fused-ring (bicyclic) bond motifs is 1. The molecule has 2 N–H and O–H groups in total. The van der Waals surface area contributed by atoms with E-state index in [9.17, 15) is 9.18 Å². The number of rotatable bonds is 7. The van der Waals surface area contributed by atoms with E-state index in [2.05, 4.69) is 36.3 Å². The van der Waals surface area contributed by atoms with Gasteiger partial charge < -0.3 is 10.3 Å². The minimum absolute atomic E-state index is 0.163. The van der Waals surface area contributed by atoms with Crippen molar-refractivity contribution in [2.45, 2.75) is 26.4 Å². The Morgan fingerprint density at radius 2 is 2.24 bits per heavy atom. The van der Waals surface area contributed by atoms with Crippen LogP contribution >= 0.6 is 11.3 Å². The predicted octanol–water partition coefficient (Wildman–Crippen LogP) is 3.52. The lowest BCUT2D eigenvalue weighted by Gasteiger charge is -2.12. The van der Waals surface area contributed by atoms with Crippen LogP contribution in [0.4, 0.5) is 4.39 Å². The monoisotopic (exact) mass is 476 g/mol. The van der Waals surface area contributed by atoms with Crippen LogP contribution < -0.4 is 5.32 Å². The molecule has 1 aliphatic rings. The Morgan fingerprint density at radius 3 is 2.97 bits per heavy atom. The molecule has 9 nitrogen and oxygen atoms in total. The van der Waals surface area contributed by atoms with E-state index in [-0.39, 0.29) is 18.5 Å². The summed E-state index contributed by atoms with van der Waals surface area (Å²) in [6.45, 7) is 3.51. The van der Waals surface area contributed by atoms with Gasteiger partial charge in [0, 0.05) is 22.8 Å². The second-order valence-corrected chi connectivity index (χ2v) is 9.03. The summed E-state index contributed by atoms with van der Waals surface area (Å²) in [4.78, 5) is 22.9. The molecular formula is C23H21FN8OS. The van der Waals surface area contributed by atoms with Gasteiger partial charge in [-0.15, -0.1) is 27.3 Å². The van der Waals surface area contributed by atoms with E-state index < -0.39 is 6.67 Å². The predicted molar refractivity (Wildman–Crippen MR) is 126 cm³/mol.